The molecule has 0 aliphatic carbocycles. The van der Waals surface area contributed by atoms with E-state index in [1.807, 2.05) is 26.8 Å². The van der Waals surface area contributed by atoms with Gasteiger partial charge in [-0.05, 0) is 42.5 Å². The maximum absolute atomic E-state index is 14.1. The number of carboxylic acid groups (broad SMARTS) is 1. The van der Waals surface area contributed by atoms with E-state index in [1.165, 1.54) is 19.1 Å². The SMILES string of the molecule is COc1cccc([C@@H]2O[C@@H](CC(=O)N3CCC[C@H]3C(=O)O)C(=O)N(CC(C)(C)C)c3ccc(Cl)cc32)c1OC. The molecule has 2 aromatic carbocycles. The third-order valence-corrected chi connectivity index (χ3v) is 7.21. The zero-order chi connectivity index (χ0) is 28.5. The summed E-state index contributed by atoms with van der Waals surface area (Å²) in [6, 6.07) is 9.73. The fourth-order valence-corrected chi connectivity index (χ4v) is 5.48. The summed E-state index contributed by atoms with van der Waals surface area (Å²) in [5.41, 5.74) is 1.59. The minimum atomic E-state index is -1.18. The molecule has 0 radical (unpaired) electrons. The Morgan fingerprint density at radius 2 is 1.87 bits per heavy atom. The van der Waals surface area contributed by atoms with Crippen molar-refractivity contribution in [1.82, 2.24) is 4.90 Å². The molecule has 0 spiro atoms. The lowest BCUT2D eigenvalue weighted by atomic mass is 9.94. The minimum Gasteiger partial charge on any atom is -0.493 e. The quantitative estimate of drug-likeness (QED) is 0.525. The first-order valence-corrected chi connectivity index (χ1v) is 13.3. The summed E-state index contributed by atoms with van der Waals surface area (Å²) in [5, 5.41) is 10.1. The van der Waals surface area contributed by atoms with Crippen LogP contribution in [0.25, 0.3) is 0 Å². The van der Waals surface area contributed by atoms with E-state index in [0.717, 1.165) is 0 Å². The number of benzene rings is 2. The molecule has 0 aromatic heterocycles. The van der Waals surface area contributed by atoms with E-state index in [4.69, 9.17) is 25.8 Å². The number of aliphatic carboxylic acids is 1. The number of hydrogen-bond acceptors (Lipinski definition) is 6. The Bertz CT molecular complexity index is 1260. The number of halogens is 1. The maximum Gasteiger partial charge on any atom is 0.326 e. The average Bonchev–Trinajstić information content (AvgIpc) is 3.36. The summed E-state index contributed by atoms with van der Waals surface area (Å²) in [4.78, 5) is 42.3. The fraction of sp³-hybridized carbons (Fsp3) is 0.483. The molecule has 9 nitrogen and oxygen atoms in total. The Morgan fingerprint density at radius 1 is 1.13 bits per heavy atom. The van der Waals surface area contributed by atoms with Gasteiger partial charge in [-0.25, -0.2) is 4.79 Å². The van der Waals surface area contributed by atoms with Crippen LogP contribution in [0.1, 0.15) is 57.3 Å². The van der Waals surface area contributed by atoms with E-state index in [9.17, 15) is 19.5 Å². The minimum absolute atomic E-state index is 0.280. The van der Waals surface area contributed by atoms with Gasteiger partial charge in [0.2, 0.25) is 5.91 Å². The monoisotopic (exact) mass is 558 g/mol. The van der Waals surface area contributed by atoms with Crippen molar-refractivity contribution in [2.75, 3.05) is 32.2 Å². The van der Waals surface area contributed by atoms with Gasteiger partial charge in [-0.1, -0.05) is 44.5 Å². The highest BCUT2D eigenvalue weighted by molar-refractivity contribution is 6.30. The Balaban J connectivity index is 1.84. The van der Waals surface area contributed by atoms with Crippen LogP contribution >= 0.6 is 11.6 Å². The summed E-state index contributed by atoms with van der Waals surface area (Å²) in [5.74, 6) is -0.947. The maximum atomic E-state index is 14.1. The standard InChI is InChI=1S/C29H35ClN2O7/c1-29(2,3)16-32-20-12-11-17(30)14-19(20)25(18-8-6-10-22(37-4)26(18)38-5)39-23(27(32)34)15-24(33)31-13-7-9-21(31)28(35)36/h6,8,10-12,14,21,23,25H,7,9,13,15-16H2,1-5H3,(H,35,36)/t21-,23-,25-/m0/s1. The van der Waals surface area contributed by atoms with Crippen molar-refractivity contribution in [3.05, 3.63) is 52.5 Å². The van der Waals surface area contributed by atoms with Crippen LogP contribution in [0.2, 0.25) is 5.02 Å². The molecule has 2 aromatic rings. The van der Waals surface area contributed by atoms with Gasteiger partial charge in [0.1, 0.15) is 18.2 Å². The van der Waals surface area contributed by atoms with Crippen LogP contribution in [0.3, 0.4) is 0 Å². The van der Waals surface area contributed by atoms with Gasteiger partial charge in [-0.3, -0.25) is 9.59 Å². The Hall–Kier alpha value is -3.30. The second-order valence-electron chi connectivity index (χ2n) is 11.1. The van der Waals surface area contributed by atoms with E-state index in [0.29, 0.717) is 59.3 Å². The molecule has 2 aliphatic rings. The molecule has 2 aliphatic heterocycles. The molecule has 1 N–H and O–H groups in total. The molecule has 0 unspecified atom stereocenters. The van der Waals surface area contributed by atoms with Gasteiger partial charge in [0.15, 0.2) is 11.5 Å². The van der Waals surface area contributed by atoms with E-state index < -0.39 is 30.1 Å². The number of amides is 2. The third-order valence-electron chi connectivity index (χ3n) is 6.97. The number of carbonyl (C=O) groups is 3. The van der Waals surface area contributed by atoms with E-state index >= 15 is 0 Å². The fourth-order valence-electron chi connectivity index (χ4n) is 5.30. The van der Waals surface area contributed by atoms with Crippen molar-refractivity contribution in [2.45, 2.75) is 58.3 Å². The molecule has 0 bridgehead atoms. The zero-order valence-corrected chi connectivity index (χ0v) is 23.7. The summed E-state index contributed by atoms with van der Waals surface area (Å²) in [6.07, 6.45) is -1.34. The number of para-hydroxylation sites is 1. The zero-order valence-electron chi connectivity index (χ0n) is 22.9. The van der Waals surface area contributed by atoms with Crippen LogP contribution in [0, 0.1) is 5.41 Å². The summed E-state index contributed by atoms with van der Waals surface area (Å²) >= 11 is 6.45. The third kappa shape index (κ3) is 5.99. The molecule has 1 saturated heterocycles. The second kappa shape index (κ2) is 11.4. The number of fused-ring (bicyclic) bond motifs is 1. The molecule has 10 heteroatoms. The molecule has 4 rings (SSSR count). The Kier molecular flexibility index (Phi) is 8.42. The number of nitrogens with zero attached hydrogens (tertiary/aromatic N) is 2. The van der Waals surface area contributed by atoms with Crippen molar-refractivity contribution >= 4 is 35.1 Å². The molecule has 2 heterocycles. The first kappa shape index (κ1) is 28.7. The van der Waals surface area contributed by atoms with Gasteiger partial charge in [0.25, 0.3) is 5.91 Å². The molecule has 0 saturated carbocycles. The second-order valence-corrected chi connectivity index (χ2v) is 11.5. The van der Waals surface area contributed by atoms with Crippen LogP contribution in [0.15, 0.2) is 36.4 Å². The lowest BCUT2D eigenvalue weighted by molar-refractivity contribution is -0.151. The average molecular weight is 559 g/mol. The molecule has 210 valence electrons. The van der Waals surface area contributed by atoms with Gasteiger partial charge in [-0.2, -0.15) is 0 Å². The normalized spacial score (nSPS) is 21.4. The number of ether oxygens (including phenoxy) is 3. The Labute approximate surface area is 233 Å². The van der Waals surface area contributed by atoms with Gasteiger partial charge in [-0.15, -0.1) is 0 Å². The number of hydrogen-bond donors (Lipinski definition) is 1. The van der Waals surface area contributed by atoms with E-state index in [2.05, 4.69) is 0 Å². The summed E-state index contributed by atoms with van der Waals surface area (Å²) in [6.45, 7) is 6.74. The predicted octanol–water partition coefficient (Wildman–Crippen LogP) is 4.69. The number of rotatable bonds is 7. The first-order valence-electron chi connectivity index (χ1n) is 12.9. The van der Waals surface area contributed by atoms with Crippen LogP contribution in [0.4, 0.5) is 5.69 Å². The predicted molar refractivity (Wildman–Crippen MR) is 147 cm³/mol. The lowest BCUT2D eigenvalue weighted by Crippen LogP contribution is -2.47. The van der Waals surface area contributed by atoms with E-state index in [-0.39, 0.29) is 17.7 Å². The lowest BCUT2D eigenvalue weighted by Gasteiger charge is -2.32. The van der Waals surface area contributed by atoms with Crippen molar-refractivity contribution in [3.8, 4) is 11.5 Å². The van der Waals surface area contributed by atoms with Gasteiger partial charge >= 0.3 is 5.97 Å². The van der Waals surface area contributed by atoms with Gasteiger partial charge in [0.05, 0.1) is 20.6 Å². The van der Waals surface area contributed by atoms with Crippen LogP contribution in [0.5, 0.6) is 11.5 Å². The number of carboxylic acids is 1. The van der Waals surface area contributed by atoms with Crippen LogP contribution in [-0.2, 0) is 19.1 Å². The number of likely N-dealkylation sites (tertiary alicyclic amines) is 1. The molecule has 2 amide bonds. The molecule has 39 heavy (non-hydrogen) atoms. The Morgan fingerprint density at radius 3 is 2.51 bits per heavy atom. The highest BCUT2D eigenvalue weighted by Crippen LogP contribution is 2.45. The van der Waals surface area contributed by atoms with Crippen molar-refractivity contribution in [2.24, 2.45) is 5.41 Å². The van der Waals surface area contributed by atoms with Crippen LogP contribution in [-0.4, -0.2) is 67.2 Å². The molecule has 1 fully saturated rings. The molecular weight excluding hydrogens is 524 g/mol. The van der Waals surface area contributed by atoms with Crippen molar-refractivity contribution in [3.63, 3.8) is 0 Å². The molecular formula is C29H35ClN2O7. The highest BCUT2D eigenvalue weighted by Gasteiger charge is 2.42. The van der Waals surface area contributed by atoms with Crippen molar-refractivity contribution in [1.29, 1.82) is 0 Å². The topological polar surface area (TPSA) is 106 Å². The summed E-state index contributed by atoms with van der Waals surface area (Å²) < 4.78 is 17.7. The number of methoxy groups -OCH3 is 2. The summed E-state index contributed by atoms with van der Waals surface area (Å²) in [7, 11) is 3.06. The smallest absolute Gasteiger partial charge is 0.326 e. The first-order chi connectivity index (χ1) is 18.4. The largest absolute Gasteiger partial charge is 0.493 e. The number of anilines is 1. The van der Waals surface area contributed by atoms with Gasteiger partial charge < -0.3 is 29.1 Å². The van der Waals surface area contributed by atoms with Crippen molar-refractivity contribution < 1.29 is 33.7 Å². The van der Waals surface area contributed by atoms with E-state index in [1.54, 1.807) is 35.2 Å². The van der Waals surface area contributed by atoms with Gasteiger partial charge in [0, 0.05) is 34.9 Å². The molecule has 3 atom stereocenters. The van der Waals surface area contributed by atoms with Crippen LogP contribution < -0.4 is 14.4 Å². The number of carbonyl (C=O) groups excluding carboxylic acids is 2. The highest BCUT2D eigenvalue weighted by atomic mass is 35.5.